The van der Waals surface area contributed by atoms with Crippen LogP contribution < -0.4 is 19.5 Å². The summed E-state index contributed by atoms with van der Waals surface area (Å²) >= 11 is 0. The van der Waals surface area contributed by atoms with Gasteiger partial charge in [0.25, 0.3) is 0 Å². The molecule has 0 aliphatic carbocycles. The van der Waals surface area contributed by atoms with Crippen molar-refractivity contribution in [2.45, 2.75) is 6.29 Å². The van der Waals surface area contributed by atoms with E-state index < -0.39 is 12.2 Å². The molecule has 0 unspecified atom stereocenters. The fraction of sp³-hybridized carbons (Fsp3) is 0.111. The first kappa shape index (κ1) is 17.2. The Labute approximate surface area is 147 Å². The van der Waals surface area contributed by atoms with Crippen molar-refractivity contribution in [2.75, 3.05) is 11.9 Å². The number of alkyl halides is 2. The van der Waals surface area contributed by atoms with E-state index in [1.807, 2.05) is 6.07 Å². The summed E-state index contributed by atoms with van der Waals surface area (Å²) in [5, 5.41) is 11.0. The Balaban J connectivity index is 1.59. The summed E-state index contributed by atoms with van der Waals surface area (Å²) in [5.41, 5.74) is 1.04. The molecule has 0 radical (unpaired) electrons. The number of halogens is 2. The maximum atomic E-state index is 13.0. The topological polar surface area (TPSA) is 80.6 Å². The van der Waals surface area contributed by atoms with Crippen molar-refractivity contribution < 1.29 is 27.8 Å². The molecule has 0 bridgehead atoms. The summed E-state index contributed by atoms with van der Waals surface area (Å²) in [4.78, 5) is 11.9. The van der Waals surface area contributed by atoms with E-state index in [1.165, 1.54) is 24.3 Å². The van der Waals surface area contributed by atoms with Gasteiger partial charge in [-0.3, -0.25) is 4.79 Å². The lowest BCUT2D eigenvalue weighted by atomic mass is 10.2. The predicted molar refractivity (Wildman–Crippen MR) is 87.9 cm³/mol. The van der Waals surface area contributed by atoms with E-state index in [-0.39, 0.29) is 18.1 Å². The highest BCUT2D eigenvalue weighted by Gasteiger charge is 2.43. The summed E-state index contributed by atoms with van der Waals surface area (Å²) in [6.45, 7) is -0.0426. The smallest absolute Gasteiger partial charge is 0.479 e. The summed E-state index contributed by atoms with van der Waals surface area (Å²) in [6.07, 6.45) is -0.831. The first-order valence-corrected chi connectivity index (χ1v) is 7.44. The molecular weight excluding hydrogens is 346 g/mol. The van der Waals surface area contributed by atoms with Crippen molar-refractivity contribution in [3.8, 4) is 23.3 Å². The first-order valence-electron chi connectivity index (χ1n) is 7.44. The Bertz CT molecular complexity index is 889. The average molecular weight is 358 g/mol. The highest BCUT2D eigenvalue weighted by Crippen LogP contribution is 2.42. The molecule has 0 atom stereocenters. The number of hydrogen-bond acceptors (Lipinski definition) is 5. The third-order valence-electron chi connectivity index (χ3n) is 3.28. The van der Waals surface area contributed by atoms with Crippen molar-refractivity contribution in [1.29, 1.82) is 5.26 Å². The quantitative estimate of drug-likeness (QED) is 0.827. The molecule has 1 aliphatic heterocycles. The number of hydrogen-bond donors (Lipinski definition) is 1. The average Bonchev–Trinajstić information content (AvgIpc) is 2.92. The third-order valence-corrected chi connectivity index (χ3v) is 3.28. The van der Waals surface area contributed by atoms with Crippen molar-refractivity contribution in [1.82, 2.24) is 0 Å². The lowest BCUT2D eigenvalue weighted by molar-refractivity contribution is -0.286. The zero-order chi connectivity index (χ0) is 18.6. The van der Waals surface area contributed by atoms with Gasteiger partial charge in [-0.05, 0) is 35.9 Å². The van der Waals surface area contributed by atoms with Gasteiger partial charge in [0.1, 0.15) is 11.8 Å². The van der Waals surface area contributed by atoms with Crippen molar-refractivity contribution in [3.05, 3.63) is 54.1 Å². The fourth-order valence-electron chi connectivity index (χ4n) is 2.17. The van der Waals surface area contributed by atoms with Gasteiger partial charge < -0.3 is 19.5 Å². The van der Waals surface area contributed by atoms with Crippen LogP contribution in [0.5, 0.6) is 17.2 Å². The Morgan fingerprint density at radius 3 is 2.65 bits per heavy atom. The normalized spacial score (nSPS) is 14.0. The molecule has 1 N–H and O–H groups in total. The van der Waals surface area contributed by atoms with Crippen LogP contribution in [0.1, 0.15) is 5.56 Å². The SMILES string of the molecule is N#CCOc1ccc(/C=C/C(=O)Nc2ccc3c(c2)OC(F)(F)O3)cc1. The molecule has 0 fully saturated rings. The molecule has 26 heavy (non-hydrogen) atoms. The van der Waals surface area contributed by atoms with Crippen LogP contribution in [0.25, 0.3) is 6.08 Å². The molecule has 6 nitrogen and oxygen atoms in total. The number of nitrogens with zero attached hydrogens (tertiary/aromatic N) is 1. The second kappa shape index (κ2) is 7.11. The van der Waals surface area contributed by atoms with Crippen LogP contribution in [-0.2, 0) is 4.79 Å². The minimum atomic E-state index is -3.70. The number of nitrogens with one attached hydrogen (secondary N) is 1. The number of rotatable bonds is 5. The van der Waals surface area contributed by atoms with Gasteiger partial charge in [-0.1, -0.05) is 12.1 Å². The van der Waals surface area contributed by atoms with Crippen molar-refractivity contribution >= 4 is 17.7 Å². The second-order valence-electron chi connectivity index (χ2n) is 5.17. The Hall–Kier alpha value is -3.60. The van der Waals surface area contributed by atoms with Gasteiger partial charge in [0.15, 0.2) is 18.1 Å². The summed E-state index contributed by atoms with van der Waals surface area (Å²) < 4.78 is 39.7. The summed E-state index contributed by atoms with van der Waals surface area (Å²) in [6, 6.07) is 12.6. The molecule has 1 aliphatic rings. The molecule has 0 saturated heterocycles. The molecule has 0 spiro atoms. The van der Waals surface area contributed by atoms with Crippen LogP contribution in [0.4, 0.5) is 14.5 Å². The number of benzene rings is 2. The molecule has 2 aromatic rings. The minimum absolute atomic E-state index is 0.0426. The molecule has 1 amide bonds. The molecule has 132 valence electrons. The van der Waals surface area contributed by atoms with Crippen molar-refractivity contribution in [3.63, 3.8) is 0 Å². The number of anilines is 1. The van der Waals surface area contributed by atoms with Crippen molar-refractivity contribution in [2.24, 2.45) is 0 Å². The van der Waals surface area contributed by atoms with E-state index >= 15 is 0 Å². The number of amides is 1. The minimum Gasteiger partial charge on any atom is -0.479 e. The lowest BCUT2D eigenvalue weighted by Gasteiger charge is -2.04. The highest BCUT2D eigenvalue weighted by atomic mass is 19.3. The van der Waals surface area contributed by atoms with E-state index in [1.54, 1.807) is 30.3 Å². The molecule has 8 heteroatoms. The van der Waals surface area contributed by atoms with Crippen LogP contribution in [0.3, 0.4) is 0 Å². The second-order valence-corrected chi connectivity index (χ2v) is 5.17. The van der Waals surface area contributed by atoms with E-state index in [4.69, 9.17) is 10.00 Å². The molecule has 2 aromatic carbocycles. The van der Waals surface area contributed by atoms with Gasteiger partial charge in [-0.25, -0.2) is 0 Å². The van der Waals surface area contributed by atoms with Crippen LogP contribution in [0, 0.1) is 11.3 Å². The standard InChI is InChI=1S/C18H12F2N2O4/c19-18(20)25-15-7-4-13(11-16(15)26-18)22-17(23)8-3-12-1-5-14(6-2-12)24-10-9-21/h1-8,11H,10H2,(H,22,23)/b8-3+. The Morgan fingerprint density at radius 1 is 1.19 bits per heavy atom. The molecule has 1 heterocycles. The van der Waals surface area contributed by atoms with Gasteiger partial charge >= 0.3 is 6.29 Å². The molecular formula is C18H12F2N2O4. The van der Waals surface area contributed by atoms with Gasteiger partial charge in [0.05, 0.1) is 0 Å². The molecule has 3 rings (SSSR count). The summed E-state index contributed by atoms with van der Waals surface area (Å²) in [5.74, 6) is -0.141. The van der Waals surface area contributed by atoms with Gasteiger partial charge in [0, 0.05) is 17.8 Å². The first-order chi connectivity index (χ1) is 12.4. The van der Waals surface area contributed by atoms with E-state index in [0.717, 1.165) is 5.56 Å². The predicted octanol–water partition coefficient (Wildman–Crippen LogP) is 3.56. The van der Waals surface area contributed by atoms with Gasteiger partial charge in [0.2, 0.25) is 5.91 Å². The Kier molecular flexibility index (Phi) is 4.71. The third kappa shape index (κ3) is 4.27. The monoisotopic (exact) mass is 358 g/mol. The highest BCUT2D eigenvalue weighted by molar-refractivity contribution is 6.02. The molecule has 0 aromatic heterocycles. The van der Waals surface area contributed by atoms with E-state index in [9.17, 15) is 13.6 Å². The number of ether oxygens (including phenoxy) is 3. The van der Waals surface area contributed by atoms with E-state index in [0.29, 0.717) is 11.4 Å². The fourth-order valence-corrected chi connectivity index (χ4v) is 2.17. The lowest BCUT2D eigenvalue weighted by Crippen LogP contribution is -2.25. The maximum Gasteiger partial charge on any atom is 0.586 e. The zero-order valence-corrected chi connectivity index (χ0v) is 13.2. The number of carbonyl (C=O) groups excluding carboxylic acids is 1. The largest absolute Gasteiger partial charge is 0.586 e. The van der Waals surface area contributed by atoms with Crippen LogP contribution in [0.15, 0.2) is 48.5 Å². The van der Waals surface area contributed by atoms with Gasteiger partial charge in [-0.2, -0.15) is 5.26 Å². The number of fused-ring (bicyclic) bond motifs is 1. The molecule has 0 saturated carbocycles. The van der Waals surface area contributed by atoms with Crippen LogP contribution in [-0.4, -0.2) is 18.8 Å². The summed E-state index contributed by atoms with van der Waals surface area (Å²) in [7, 11) is 0. The Morgan fingerprint density at radius 2 is 1.92 bits per heavy atom. The van der Waals surface area contributed by atoms with Crippen LogP contribution >= 0.6 is 0 Å². The zero-order valence-electron chi connectivity index (χ0n) is 13.2. The number of carbonyl (C=O) groups is 1. The van der Waals surface area contributed by atoms with Crippen LogP contribution in [0.2, 0.25) is 0 Å². The maximum absolute atomic E-state index is 13.0. The number of nitriles is 1. The van der Waals surface area contributed by atoms with E-state index in [2.05, 4.69) is 14.8 Å². The van der Waals surface area contributed by atoms with Gasteiger partial charge in [-0.15, -0.1) is 8.78 Å².